The first-order chi connectivity index (χ1) is 12.5. The topological polar surface area (TPSA) is 59.4 Å². The molecule has 0 unspecified atom stereocenters. The molecule has 0 spiro atoms. The largest absolute Gasteiger partial charge is 0.287 e. The number of halogens is 1. The molecule has 0 saturated heterocycles. The molecule has 6 heteroatoms. The Morgan fingerprint density at radius 1 is 0.846 bits per heavy atom. The van der Waals surface area contributed by atoms with E-state index in [4.69, 9.17) is 11.6 Å². The van der Waals surface area contributed by atoms with E-state index in [-0.39, 0.29) is 11.5 Å². The van der Waals surface area contributed by atoms with E-state index >= 15 is 0 Å². The fourth-order valence-corrected chi connectivity index (χ4v) is 3.33. The minimum absolute atomic E-state index is 0.199. The van der Waals surface area contributed by atoms with Gasteiger partial charge in [-0.25, -0.2) is 4.68 Å². The van der Waals surface area contributed by atoms with Crippen LogP contribution in [-0.2, 0) is 0 Å². The van der Waals surface area contributed by atoms with Gasteiger partial charge in [-0.3, -0.25) is 14.4 Å². The Balaban J connectivity index is 1.84. The van der Waals surface area contributed by atoms with Crippen LogP contribution in [0, 0.1) is 6.92 Å². The van der Waals surface area contributed by atoms with Gasteiger partial charge in [-0.15, -0.1) is 0 Å². The van der Waals surface area contributed by atoms with Gasteiger partial charge in [0.15, 0.2) is 0 Å². The molecule has 128 valence electrons. The number of aryl methyl sites for hydroxylation is 1. The van der Waals surface area contributed by atoms with Crippen molar-refractivity contribution in [3.63, 3.8) is 0 Å². The van der Waals surface area contributed by atoms with Gasteiger partial charge in [-0.05, 0) is 43.3 Å². The maximum atomic E-state index is 13.0. The van der Waals surface area contributed by atoms with E-state index in [1.165, 1.54) is 4.68 Å². The number of hydrogen-bond acceptors (Lipinski definition) is 3. The molecule has 2 aromatic carbocycles. The van der Waals surface area contributed by atoms with Crippen LogP contribution >= 0.6 is 11.6 Å². The molecular formula is C20H13ClN2O3. The van der Waals surface area contributed by atoms with Crippen molar-refractivity contribution in [1.82, 2.24) is 4.68 Å². The molecule has 1 aromatic heterocycles. The van der Waals surface area contributed by atoms with Gasteiger partial charge in [0.05, 0.1) is 16.1 Å². The van der Waals surface area contributed by atoms with Gasteiger partial charge >= 0.3 is 0 Å². The fourth-order valence-electron chi connectivity index (χ4n) is 3.11. The van der Waals surface area contributed by atoms with Crippen LogP contribution in [0.1, 0.15) is 42.5 Å². The number of aromatic nitrogens is 1. The molecule has 1 aliphatic rings. The third-order valence-corrected chi connectivity index (χ3v) is 4.70. The zero-order valence-corrected chi connectivity index (χ0v) is 14.5. The van der Waals surface area contributed by atoms with Crippen molar-refractivity contribution in [2.75, 3.05) is 5.01 Å². The number of amides is 2. The van der Waals surface area contributed by atoms with E-state index in [0.29, 0.717) is 27.4 Å². The van der Waals surface area contributed by atoms with Gasteiger partial charge < -0.3 is 0 Å². The Kier molecular flexibility index (Phi) is 3.74. The van der Waals surface area contributed by atoms with E-state index in [9.17, 15) is 14.4 Å². The van der Waals surface area contributed by atoms with Crippen molar-refractivity contribution in [2.24, 2.45) is 0 Å². The molecule has 26 heavy (non-hydrogen) atoms. The highest BCUT2D eigenvalue weighted by molar-refractivity contribution is 6.35. The highest BCUT2D eigenvalue weighted by Crippen LogP contribution is 2.26. The summed E-state index contributed by atoms with van der Waals surface area (Å²) in [5.41, 5.74) is 1.74. The summed E-state index contributed by atoms with van der Waals surface area (Å²) in [6, 6.07) is 16.6. The first-order valence-corrected chi connectivity index (χ1v) is 8.34. The van der Waals surface area contributed by atoms with Gasteiger partial charge in [0.25, 0.3) is 11.8 Å². The average Bonchev–Trinajstić information content (AvgIpc) is 3.13. The number of fused-ring (bicyclic) bond motifs is 1. The van der Waals surface area contributed by atoms with Gasteiger partial charge in [0.1, 0.15) is 5.69 Å². The van der Waals surface area contributed by atoms with Gasteiger partial charge in [0.2, 0.25) is 5.78 Å². The second-order valence-corrected chi connectivity index (χ2v) is 6.36. The summed E-state index contributed by atoms with van der Waals surface area (Å²) in [4.78, 5) is 38.6. The van der Waals surface area contributed by atoms with Gasteiger partial charge in [-0.1, -0.05) is 35.9 Å². The molecule has 0 radical (unpaired) electrons. The highest BCUT2D eigenvalue weighted by Gasteiger charge is 2.38. The summed E-state index contributed by atoms with van der Waals surface area (Å²) in [6.45, 7) is 1.73. The lowest BCUT2D eigenvalue weighted by Crippen LogP contribution is -2.42. The van der Waals surface area contributed by atoms with E-state index in [2.05, 4.69) is 0 Å². The quantitative estimate of drug-likeness (QED) is 0.527. The first kappa shape index (κ1) is 16.3. The molecule has 3 aromatic rings. The molecule has 2 heterocycles. The zero-order valence-electron chi connectivity index (χ0n) is 13.8. The lowest BCUT2D eigenvalue weighted by Gasteiger charge is -2.20. The molecule has 4 rings (SSSR count). The van der Waals surface area contributed by atoms with Crippen LogP contribution in [0.15, 0.2) is 60.7 Å². The number of carbonyl (C=O) groups excluding carboxylic acids is 3. The van der Waals surface area contributed by atoms with E-state index in [1.54, 1.807) is 67.6 Å². The van der Waals surface area contributed by atoms with E-state index < -0.39 is 11.8 Å². The van der Waals surface area contributed by atoms with Crippen molar-refractivity contribution in [3.8, 4) is 0 Å². The van der Waals surface area contributed by atoms with Crippen molar-refractivity contribution < 1.29 is 14.4 Å². The van der Waals surface area contributed by atoms with Crippen LogP contribution in [0.4, 0.5) is 0 Å². The zero-order chi connectivity index (χ0) is 18.4. The molecule has 2 amide bonds. The molecule has 0 fully saturated rings. The summed E-state index contributed by atoms with van der Waals surface area (Å²) < 4.78 is 1.36. The van der Waals surface area contributed by atoms with Crippen molar-refractivity contribution in [1.29, 1.82) is 0 Å². The number of hydrogen-bond donors (Lipinski definition) is 0. The minimum atomic E-state index is -0.460. The monoisotopic (exact) mass is 364 g/mol. The molecular weight excluding hydrogens is 352 g/mol. The second kappa shape index (κ2) is 5.97. The van der Waals surface area contributed by atoms with E-state index in [0.717, 1.165) is 5.01 Å². The van der Waals surface area contributed by atoms with Crippen molar-refractivity contribution in [2.45, 2.75) is 6.92 Å². The summed E-state index contributed by atoms with van der Waals surface area (Å²) in [5, 5.41) is 1.31. The number of carbonyl (C=O) groups is 3. The van der Waals surface area contributed by atoms with Crippen LogP contribution in [0.5, 0.6) is 0 Å². The lowest BCUT2D eigenvalue weighted by atomic mass is 10.1. The first-order valence-electron chi connectivity index (χ1n) is 7.96. The lowest BCUT2D eigenvalue weighted by molar-refractivity contribution is 0.0882. The Hall–Kier alpha value is -3.18. The van der Waals surface area contributed by atoms with Crippen LogP contribution in [-0.4, -0.2) is 22.3 Å². The Bertz CT molecular complexity index is 1050. The number of rotatable bonds is 3. The highest BCUT2D eigenvalue weighted by atomic mass is 35.5. The number of ketones is 1. The number of imide groups is 1. The third-order valence-electron chi connectivity index (χ3n) is 4.37. The standard InChI is InChI=1S/C20H13ClN2O3/c1-12-10-11-17(18(24)15-8-4-5-9-16(15)21)22(12)23-19(25)13-6-2-3-7-14(13)20(23)26/h2-11H,1H3. The summed E-state index contributed by atoms with van der Waals surface area (Å²) in [5.74, 6) is -1.28. The van der Waals surface area contributed by atoms with Crippen molar-refractivity contribution >= 4 is 29.2 Å². The van der Waals surface area contributed by atoms with Crippen LogP contribution in [0.25, 0.3) is 0 Å². The third kappa shape index (κ3) is 2.29. The molecule has 0 saturated carbocycles. The Morgan fingerprint density at radius 3 is 2.04 bits per heavy atom. The minimum Gasteiger partial charge on any atom is -0.287 e. The molecule has 1 aliphatic heterocycles. The maximum Gasteiger partial charge on any atom is 0.281 e. The number of nitrogens with zero attached hydrogens (tertiary/aromatic N) is 2. The molecule has 0 aliphatic carbocycles. The van der Waals surface area contributed by atoms with Crippen LogP contribution in [0.3, 0.4) is 0 Å². The smallest absolute Gasteiger partial charge is 0.281 e. The summed E-state index contributed by atoms with van der Waals surface area (Å²) in [6.07, 6.45) is 0. The molecule has 0 atom stereocenters. The average molecular weight is 365 g/mol. The normalized spacial score (nSPS) is 13.2. The molecule has 0 N–H and O–H groups in total. The van der Waals surface area contributed by atoms with Crippen molar-refractivity contribution in [3.05, 3.63) is 93.8 Å². The second-order valence-electron chi connectivity index (χ2n) is 5.95. The predicted octanol–water partition coefficient (Wildman–Crippen LogP) is 3.61. The van der Waals surface area contributed by atoms with Gasteiger partial charge in [-0.2, -0.15) is 5.01 Å². The molecule has 0 bridgehead atoms. The molecule has 5 nitrogen and oxygen atoms in total. The number of benzene rings is 2. The van der Waals surface area contributed by atoms with Crippen LogP contribution in [0.2, 0.25) is 5.02 Å². The van der Waals surface area contributed by atoms with E-state index in [1.807, 2.05) is 0 Å². The van der Waals surface area contributed by atoms with Crippen LogP contribution < -0.4 is 5.01 Å². The fraction of sp³-hybridized carbons (Fsp3) is 0.0500. The maximum absolute atomic E-state index is 13.0. The SMILES string of the molecule is Cc1ccc(C(=O)c2ccccc2Cl)n1N1C(=O)c2ccccc2C1=O. The summed E-state index contributed by atoms with van der Waals surface area (Å²) >= 11 is 6.14. The Labute approximate surface area is 154 Å². The predicted molar refractivity (Wildman–Crippen MR) is 97.4 cm³/mol. The summed E-state index contributed by atoms with van der Waals surface area (Å²) in [7, 11) is 0. The van der Waals surface area contributed by atoms with Gasteiger partial charge in [0, 0.05) is 11.3 Å². The Morgan fingerprint density at radius 2 is 1.42 bits per heavy atom.